The van der Waals surface area contributed by atoms with Crippen molar-refractivity contribution in [1.29, 1.82) is 0 Å². The molecule has 0 amide bonds. The molecule has 0 radical (unpaired) electrons. The van der Waals surface area contributed by atoms with E-state index in [0.717, 1.165) is 19.4 Å². The van der Waals surface area contributed by atoms with Gasteiger partial charge in [-0.1, -0.05) is 6.92 Å². The molecule has 4 nitrogen and oxygen atoms in total. The van der Waals surface area contributed by atoms with Crippen molar-refractivity contribution in [1.82, 2.24) is 9.97 Å². The second kappa shape index (κ2) is 4.96. The maximum absolute atomic E-state index is 14.0. The van der Waals surface area contributed by atoms with Crippen molar-refractivity contribution in [2.24, 2.45) is 11.7 Å². The van der Waals surface area contributed by atoms with Crippen molar-refractivity contribution in [2.75, 3.05) is 18.5 Å². The van der Waals surface area contributed by atoms with Crippen LogP contribution in [0.5, 0.6) is 0 Å². The molecule has 0 atom stereocenters. The molecule has 0 aromatic carbocycles. The summed E-state index contributed by atoms with van der Waals surface area (Å²) in [6.45, 7) is 2.70. The number of anilines is 1. The van der Waals surface area contributed by atoms with Gasteiger partial charge in [-0.3, -0.25) is 0 Å². The van der Waals surface area contributed by atoms with Gasteiger partial charge in [0.25, 0.3) is 0 Å². The number of halogens is 1. The minimum absolute atomic E-state index is 0.291. The molecular weight excluding hydrogens is 219 g/mol. The van der Waals surface area contributed by atoms with Crippen molar-refractivity contribution in [3.8, 4) is 0 Å². The molecule has 1 aromatic rings. The molecule has 0 spiro atoms. The Bertz CT molecular complexity index is 390. The zero-order valence-electron chi connectivity index (χ0n) is 10.4. The molecule has 0 saturated heterocycles. The molecular formula is C12H19FN4. The van der Waals surface area contributed by atoms with Crippen molar-refractivity contribution < 1.29 is 4.39 Å². The second-order valence-electron chi connectivity index (χ2n) is 4.79. The molecule has 2 rings (SSSR count). The van der Waals surface area contributed by atoms with E-state index in [4.69, 9.17) is 5.73 Å². The topological polar surface area (TPSA) is 55.0 Å². The van der Waals surface area contributed by atoms with Crippen LogP contribution >= 0.6 is 0 Å². The van der Waals surface area contributed by atoms with Crippen LogP contribution in [-0.2, 0) is 6.42 Å². The number of hydrogen-bond donors (Lipinski definition) is 1. The predicted molar refractivity (Wildman–Crippen MR) is 65.3 cm³/mol. The average Bonchev–Trinajstić information content (AvgIpc) is 2.27. The zero-order chi connectivity index (χ0) is 12.4. The van der Waals surface area contributed by atoms with E-state index in [-0.39, 0.29) is 5.82 Å². The van der Waals surface area contributed by atoms with Gasteiger partial charge in [-0.05, 0) is 25.2 Å². The standard InChI is InChI=1S/C12H19FN4/c1-3-10-11(13)12(16-7-15-10)17(2)6-8-4-9(14)5-8/h7-9H,3-6,14H2,1-2H3. The van der Waals surface area contributed by atoms with Gasteiger partial charge in [0.1, 0.15) is 6.33 Å². The molecule has 1 fully saturated rings. The Morgan fingerprint density at radius 2 is 2.18 bits per heavy atom. The van der Waals surface area contributed by atoms with E-state index < -0.39 is 0 Å². The first-order valence-electron chi connectivity index (χ1n) is 6.07. The molecule has 1 aromatic heterocycles. The Labute approximate surface area is 101 Å². The Morgan fingerprint density at radius 1 is 1.47 bits per heavy atom. The molecule has 2 N–H and O–H groups in total. The van der Waals surface area contributed by atoms with Crippen molar-refractivity contribution in [3.05, 3.63) is 17.8 Å². The summed E-state index contributed by atoms with van der Waals surface area (Å²) in [5.41, 5.74) is 6.22. The lowest BCUT2D eigenvalue weighted by molar-refractivity contribution is 0.270. The summed E-state index contributed by atoms with van der Waals surface area (Å²) in [6, 6.07) is 0.329. The molecule has 1 heterocycles. The van der Waals surface area contributed by atoms with Crippen LogP contribution in [0.2, 0.25) is 0 Å². The first-order chi connectivity index (χ1) is 8.11. The Morgan fingerprint density at radius 3 is 2.76 bits per heavy atom. The molecule has 5 heteroatoms. The number of aromatic nitrogens is 2. The predicted octanol–water partition coefficient (Wildman–Crippen LogP) is 1.35. The van der Waals surface area contributed by atoms with Crippen LogP contribution in [-0.4, -0.2) is 29.6 Å². The Balaban J connectivity index is 2.05. The maximum atomic E-state index is 14.0. The largest absolute Gasteiger partial charge is 0.357 e. The van der Waals surface area contributed by atoms with E-state index in [1.54, 1.807) is 0 Å². The summed E-state index contributed by atoms with van der Waals surface area (Å²) in [4.78, 5) is 9.83. The van der Waals surface area contributed by atoms with Gasteiger partial charge < -0.3 is 10.6 Å². The van der Waals surface area contributed by atoms with Crippen LogP contribution in [0.1, 0.15) is 25.5 Å². The van der Waals surface area contributed by atoms with Gasteiger partial charge in [-0.25, -0.2) is 14.4 Å². The van der Waals surface area contributed by atoms with Crippen LogP contribution in [0.4, 0.5) is 10.2 Å². The van der Waals surface area contributed by atoms with Gasteiger partial charge >= 0.3 is 0 Å². The minimum Gasteiger partial charge on any atom is -0.357 e. The van der Waals surface area contributed by atoms with Crippen LogP contribution in [0.3, 0.4) is 0 Å². The van der Waals surface area contributed by atoms with Crippen LogP contribution in [0.25, 0.3) is 0 Å². The number of aryl methyl sites for hydroxylation is 1. The van der Waals surface area contributed by atoms with Crippen LogP contribution in [0.15, 0.2) is 6.33 Å². The summed E-state index contributed by atoms with van der Waals surface area (Å²) >= 11 is 0. The average molecular weight is 238 g/mol. The number of rotatable bonds is 4. The normalized spacial score (nSPS) is 23.3. The number of nitrogens with zero attached hydrogens (tertiary/aromatic N) is 3. The SMILES string of the molecule is CCc1ncnc(N(C)CC2CC(N)C2)c1F. The summed E-state index contributed by atoms with van der Waals surface area (Å²) in [5, 5.41) is 0. The van der Waals surface area contributed by atoms with E-state index >= 15 is 0 Å². The third-order valence-corrected chi connectivity index (χ3v) is 3.34. The fourth-order valence-electron chi connectivity index (χ4n) is 2.32. The van der Waals surface area contributed by atoms with Crippen LogP contribution in [0, 0.1) is 11.7 Å². The molecule has 1 saturated carbocycles. The quantitative estimate of drug-likeness (QED) is 0.860. The van der Waals surface area contributed by atoms with Gasteiger partial charge in [-0.2, -0.15) is 0 Å². The fourth-order valence-corrected chi connectivity index (χ4v) is 2.32. The van der Waals surface area contributed by atoms with E-state index in [1.165, 1.54) is 6.33 Å². The first kappa shape index (κ1) is 12.2. The summed E-state index contributed by atoms with van der Waals surface area (Å²) < 4.78 is 14.0. The van der Waals surface area contributed by atoms with Crippen molar-refractivity contribution in [2.45, 2.75) is 32.2 Å². The van der Waals surface area contributed by atoms with Gasteiger partial charge in [0.05, 0.1) is 5.69 Å². The van der Waals surface area contributed by atoms with Crippen LogP contribution < -0.4 is 10.6 Å². The Kier molecular flexibility index (Phi) is 3.57. The van der Waals surface area contributed by atoms with E-state index in [1.807, 2.05) is 18.9 Å². The molecule has 94 valence electrons. The summed E-state index contributed by atoms with van der Waals surface area (Å²) in [7, 11) is 1.87. The second-order valence-corrected chi connectivity index (χ2v) is 4.79. The third-order valence-electron chi connectivity index (χ3n) is 3.34. The fraction of sp³-hybridized carbons (Fsp3) is 0.667. The zero-order valence-corrected chi connectivity index (χ0v) is 10.4. The van der Waals surface area contributed by atoms with E-state index in [0.29, 0.717) is 29.9 Å². The highest BCUT2D eigenvalue weighted by Gasteiger charge is 2.27. The highest BCUT2D eigenvalue weighted by Crippen LogP contribution is 2.28. The Hall–Kier alpha value is -1.23. The highest BCUT2D eigenvalue weighted by molar-refractivity contribution is 5.40. The minimum atomic E-state index is -0.291. The maximum Gasteiger partial charge on any atom is 0.187 e. The van der Waals surface area contributed by atoms with Gasteiger partial charge in [0.15, 0.2) is 11.6 Å². The molecule has 0 aliphatic heterocycles. The summed E-state index contributed by atoms with van der Waals surface area (Å²) in [6.07, 6.45) is 4.07. The molecule has 0 unspecified atom stereocenters. The molecule has 0 bridgehead atoms. The van der Waals surface area contributed by atoms with E-state index in [2.05, 4.69) is 9.97 Å². The van der Waals surface area contributed by atoms with Crippen molar-refractivity contribution >= 4 is 5.82 Å². The molecule has 1 aliphatic rings. The monoisotopic (exact) mass is 238 g/mol. The number of hydrogen-bond acceptors (Lipinski definition) is 4. The lowest BCUT2D eigenvalue weighted by atomic mass is 9.80. The van der Waals surface area contributed by atoms with E-state index in [9.17, 15) is 4.39 Å². The van der Waals surface area contributed by atoms with Gasteiger partial charge in [-0.15, -0.1) is 0 Å². The smallest absolute Gasteiger partial charge is 0.187 e. The van der Waals surface area contributed by atoms with Gasteiger partial charge in [0, 0.05) is 19.6 Å². The number of nitrogens with two attached hydrogens (primary N) is 1. The lowest BCUT2D eigenvalue weighted by Crippen LogP contribution is -2.42. The first-order valence-corrected chi connectivity index (χ1v) is 6.07. The lowest BCUT2D eigenvalue weighted by Gasteiger charge is -2.35. The molecule has 17 heavy (non-hydrogen) atoms. The van der Waals surface area contributed by atoms with Crippen molar-refractivity contribution in [3.63, 3.8) is 0 Å². The summed E-state index contributed by atoms with van der Waals surface area (Å²) in [5.74, 6) is 0.674. The van der Waals surface area contributed by atoms with Gasteiger partial charge in [0.2, 0.25) is 0 Å². The highest BCUT2D eigenvalue weighted by atomic mass is 19.1. The molecule has 1 aliphatic carbocycles. The third kappa shape index (κ3) is 2.54.